The van der Waals surface area contributed by atoms with Gasteiger partial charge in [-0.1, -0.05) is 18.2 Å². The number of hydrogen-bond acceptors (Lipinski definition) is 6. The number of benzene rings is 2. The fourth-order valence-electron chi connectivity index (χ4n) is 4.40. The third-order valence-corrected chi connectivity index (χ3v) is 5.66. The molecule has 5 rings (SSSR count). The van der Waals surface area contributed by atoms with Gasteiger partial charge in [-0.25, -0.2) is 0 Å². The number of phenolic OH excluding ortho intramolecular Hbond substituents is 2. The van der Waals surface area contributed by atoms with Crippen LogP contribution in [0.4, 0.5) is 0 Å². The van der Waals surface area contributed by atoms with Crippen LogP contribution in [0.25, 0.3) is 0 Å². The minimum atomic E-state index is -1.05. The van der Waals surface area contributed by atoms with Crippen LogP contribution in [0.15, 0.2) is 30.3 Å². The van der Waals surface area contributed by atoms with Crippen LogP contribution in [0.5, 0.6) is 11.5 Å². The summed E-state index contributed by atoms with van der Waals surface area (Å²) in [5.74, 6) is -0.863. The van der Waals surface area contributed by atoms with Crippen molar-refractivity contribution in [3.8, 4) is 11.5 Å². The third-order valence-electron chi connectivity index (χ3n) is 5.66. The number of aliphatic hydroxyl groups excluding tert-OH is 1. The van der Waals surface area contributed by atoms with Crippen molar-refractivity contribution in [3.63, 3.8) is 0 Å². The fraction of sp³-hybridized carbons (Fsp3) is 0.300. The Balaban J connectivity index is 1.74. The van der Waals surface area contributed by atoms with Gasteiger partial charge in [0.05, 0.1) is 5.56 Å². The summed E-state index contributed by atoms with van der Waals surface area (Å²) in [6.45, 7) is 0. The number of phenols is 2. The summed E-state index contributed by atoms with van der Waals surface area (Å²) >= 11 is 0. The lowest BCUT2D eigenvalue weighted by atomic mass is 9.73. The summed E-state index contributed by atoms with van der Waals surface area (Å²) in [6, 6.07) is 8.05. The van der Waals surface area contributed by atoms with Crippen molar-refractivity contribution in [2.24, 2.45) is 0 Å². The second-order valence-corrected chi connectivity index (χ2v) is 7.05. The second-order valence-electron chi connectivity index (χ2n) is 7.05. The summed E-state index contributed by atoms with van der Waals surface area (Å²) in [5.41, 5.74) is 2.08. The summed E-state index contributed by atoms with van der Waals surface area (Å²) in [6.07, 6.45) is -1.58. The number of Topliss-reactive ketones (excluding diaryl/α,β-unsaturated/α-hetero) is 2. The molecular formula is C20H16O6. The van der Waals surface area contributed by atoms with Gasteiger partial charge >= 0.3 is 0 Å². The molecule has 2 unspecified atom stereocenters. The first kappa shape index (κ1) is 15.5. The van der Waals surface area contributed by atoms with Crippen LogP contribution in [0.2, 0.25) is 0 Å². The fourth-order valence-corrected chi connectivity index (χ4v) is 4.40. The van der Waals surface area contributed by atoms with E-state index in [1.165, 1.54) is 12.1 Å². The normalized spacial score (nSPS) is 29.0. The molecule has 0 aromatic heterocycles. The monoisotopic (exact) mass is 352 g/mol. The maximum absolute atomic E-state index is 12.8. The Morgan fingerprint density at radius 1 is 0.962 bits per heavy atom. The molecule has 4 atom stereocenters. The number of carbonyl (C=O) groups is 2. The molecule has 3 N–H and O–H groups in total. The molecule has 0 amide bonds. The average molecular weight is 352 g/mol. The van der Waals surface area contributed by atoms with Crippen molar-refractivity contribution in [3.05, 3.63) is 58.1 Å². The molecule has 3 aliphatic rings. The number of aromatic hydroxyl groups is 2. The van der Waals surface area contributed by atoms with Gasteiger partial charge in [-0.2, -0.15) is 0 Å². The van der Waals surface area contributed by atoms with E-state index in [4.69, 9.17) is 4.74 Å². The molecule has 6 heteroatoms. The Bertz CT molecular complexity index is 979. The molecule has 0 spiro atoms. The molecule has 0 radical (unpaired) electrons. The zero-order valence-electron chi connectivity index (χ0n) is 13.7. The van der Waals surface area contributed by atoms with E-state index in [9.17, 15) is 24.9 Å². The van der Waals surface area contributed by atoms with Crippen molar-refractivity contribution in [1.82, 2.24) is 0 Å². The number of rotatable bonds is 1. The van der Waals surface area contributed by atoms with Gasteiger partial charge in [0.25, 0.3) is 0 Å². The molecule has 2 aliphatic carbocycles. The van der Waals surface area contributed by atoms with Gasteiger partial charge in [0.15, 0.2) is 11.6 Å². The van der Waals surface area contributed by atoms with Crippen LogP contribution in [-0.4, -0.2) is 39.1 Å². The number of ketones is 2. The smallest absolute Gasteiger partial charge is 0.195 e. The lowest BCUT2D eigenvalue weighted by Gasteiger charge is -2.29. The van der Waals surface area contributed by atoms with E-state index in [0.29, 0.717) is 17.5 Å². The standard InChI is InChI=1S/C20H16O6/c21-11-3-1-2-9-8(4-6-12(22)14(9)11)10-5-7-13(23)16-15(10)17(24)19-20(26-19)18(16)25/h1-3,5,7-8,18-21,23,25H,4,6H2/t8-,18-,19?,20?/m0/s1. The highest BCUT2D eigenvalue weighted by Gasteiger charge is 2.56. The minimum Gasteiger partial charge on any atom is -0.508 e. The molecule has 1 aliphatic heterocycles. The van der Waals surface area contributed by atoms with Crippen molar-refractivity contribution in [2.45, 2.75) is 37.1 Å². The lowest BCUT2D eigenvalue weighted by molar-refractivity contribution is 0.0937. The van der Waals surface area contributed by atoms with Crippen molar-refractivity contribution < 1.29 is 29.6 Å². The van der Waals surface area contributed by atoms with E-state index < -0.39 is 18.3 Å². The predicted molar refractivity (Wildman–Crippen MR) is 89.6 cm³/mol. The molecule has 0 saturated carbocycles. The zero-order chi connectivity index (χ0) is 18.2. The first-order chi connectivity index (χ1) is 12.5. The van der Waals surface area contributed by atoms with Gasteiger partial charge in [-0.3, -0.25) is 9.59 Å². The van der Waals surface area contributed by atoms with Gasteiger partial charge in [-0.05, 0) is 29.7 Å². The molecule has 2 aromatic carbocycles. The Kier molecular flexibility index (Phi) is 3.08. The number of epoxide rings is 1. The third kappa shape index (κ3) is 1.94. The van der Waals surface area contributed by atoms with Crippen LogP contribution in [0.3, 0.4) is 0 Å². The van der Waals surface area contributed by atoms with Gasteiger partial charge in [0.1, 0.15) is 29.8 Å². The Morgan fingerprint density at radius 2 is 1.73 bits per heavy atom. The van der Waals surface area contributed by atoms with Crippen molar-refractivity contribution in [2.75, 3.05) is 0 Å². The summed E-state index contributed by atoms with van der Waals surface area (Å²) < 4.78 is 5.28. The number of carbonyl (C=O) groups excluding carboxylic acids is 2. The molecule has 1 fully saturated rings. The molecule has 2 aromatic rings. The van der Waals surface area contributed by atoms with Gasteiger partial charge in [0, 0.05) is 23.5 Å². The lowest BCUT2D eigenvalue weighted by Crippen LogP contribution is -2.28. The molecule has 1 heterocycles. The van der Waals surface area contributed by atoms with Crippen LogP contribution in [0, 0.1) is 0 Å². The Hall–Kier alpha value is -2.70. The minimum absolute atomic E-state index is 0.0678. The second kappa shape index (κ2) is 5.16. The highest BCUT2D eigenvalue weighted by atomic mass is 16.6. The maximum Gasteiger partial charge on any atom is 0.195 e. The quantitative estimate of drug-likeness (QED) is 0.679. The molecule has 0 bridgehead atoms. The average Bonchev–Trinajstić information content (AvgIpc) is 3.42. The molecule has 132 valence electrons. The highest BCUT2D eigenvalue weighted by molar-refractivity contribution is 6.07. The summed E-state index contributed by atoms with van der Waals surface area (Å²) in [5, 5.41) is 30.8. The van der Waals surface area contributed by atoms with E-state index in [2.05, 4.69) is 0 Å². The van der Waals surface area contributed by atoms with Crippen molar-refractivity contribution >= 4 is 11.6 Å². The van der Waals surface area contributed by atoms with E-state index >= 15 is 0 Å². The number of fused-ring (bicyclic) bond motifs is 3. The van der Waals surface area contributed by atoms with Gasteiger partial charge < -0.3 is 20.1 Å². The summed E-state index contributed by atoms with van der Waals surface area (Å²) in [4.78, 5) is 25.1. The van der Waals surface area contributed by atoms with Gasteiger partial charge in [-0.15, -0.1) is 0 Å². The topological polar surface area (TPSA) is 107 Å². The SMILES string of the molecule is O=C1CC[C@H](c2ccc(O)c3c2C(=O)C2OC2[C@H]3O)c2cccc(O)c21. The van der Waals surface area contributed by atoms with Gasteiger partial charge in [0.2, 0.25) is 0 Å². The summed E-state index contributed by atoms with van der Waals surface area (Å²) in [7, 11) is 0. The van der Waals surface area contributed by atoms with Crippen LogP contribution in [-0.2, 0) is 4.74 Å². The highest BCUT2D eigenvalue weighted by Crippen LogP contribution is 2.50. The van der Waals surface area contributed by atoms with E-state index in [0.717, 1.165) is 0 Å². The molecular weight excluding hydrogens is 336 g/mol. The predicted octanol–water partition coefficient (Wildman–Crippen LogP) is 2.20. The van der Waals surface area contributed by atoms with Crippen molar-refractivity contribution in [1.29, 1.82) is 0 Å². The van der Waals surface area contributed by atoms with E-state index in [-0.39, 0.29) is 52.1 Å². The Labute approximate surface area is 148 Å². The molecule has 1 saturated heterocycles. The first-order valence-electron chi connectivity index (χ1n) is 8.57. The zero-order valence-corrected chi connectivity index (χ0v) is 13.7. The number of aliphatic hydroxyl groups is 1. The first-order valence-corrected chi connectivity index (χ1v) is 8.57. The maximum atomic E-state index is 12.8. The largest absolute Gasteiger partial charge is 0.508 e. The van der Waals surface area contributed by atoms with E-state index in [1.807, 2.05) is 0 Å². The van der Waals surface area contributed by atoms with Crippen LogP contribution >= 0.6 is 0 Å². The molecule has 6 nitrogen and oxygen atoms in total. The Morgan fingerprint density at radius 3 is 2.54 bits per heavy atom. The number of ether oxygens (including phenoxy) is 1. The van der Waals surface area contributed by atoms with Crippen LogP contribution in [0.1, 0.15) is 62.3 Å². The van der Waals surface area contributed by atoms with Crippen LogP contribution < -0.4 is 0 Å². The number of hydrogen-bond donors (Lipinski definition) is 3. The molecule has 26 heavy (non-hydrogen) atoms. The van der Waals surface area contributed by atoms with E-state index in [1.54, 1.807) is 18.2 Å².